The van der Waals surface area contributed by atoms with Crippen LogP contribution < -0.4 is 0 Å². The molecule has 22 heavy (non-hydrogen) atoms. The lowest BCUT2D eigenvalue weighted by Gasteiger charge is -2.28. The molecule has 5 heteroatoms. The van der Waals surface area contributed by atoms with E-state index in [9.17, 15) is 4.79 Å². The number of nitrogens with zero attached hydrogens (tertiary/aromatic N) is 1. The van der Waals surface area contributed by atoms with Crippen LogP contribution in [0.4, 0.5) is 0 Å². The number of benzene rings is 1. The van der Waals surface area contributed by atoms with E-state index in [2.05, 4.69) is 4.90 Å². The Hall–Kier alpha value is -1.33. The van der Waals surface area contributed by atoms with Gasteiger partial charge in [-0.15, -0.1) is 0 Å². The van der Waals surface area contributed by atoms with Crippen molar-refractivity contribution in [3.05, 3.63) is 41.5 Å². The first-order chi connectivity index (χ1) is 10.7. The monoisotopic (exact) mass is 335 g/mol. The van der Waals surface area contributed by atoms with Crippen molar-refractivity contribution in [3.63, 3.8) is 0 Å². The van der Waals surface area contributed by atoms with Crippen molar-refractivity contribution in [1.29, 1.82) is 0 Å². The zero-order valence-electron chi connectivity index (χ0n) is 12.8. The Labute approximate surface area is 141 Å². The molecule has 0 bridgehead atoms. The number of likely N-dealkylation sites (tertiary alicyclic amines) is 1. The molecule has 118 valence electrons. The van der Waals surface area contributed by atoms with E-state index in [-0.39, 0.29) is 5.97 Å². The summed E-state index contributed by atoms with van der Waals surface area (Å²) < 4.78 is 5.76. The molecule has 0 N–H and O–H groups in total. The van der Waals surface area contributed by atoms with Crippen molar-refractivity contribution < 1.29 is 9.53 Å². The minimum atomic E-state index is -0.294. The second-order valence-electron chi connectivity index (χ2n) is 5.17. The number of ether oxygens (including phenoxy) is 1. The van der Waals surface area contributed by atoms with E-state index in [1.165, 1.54) is 26.4 Å². The minimum Gasteiger partial charge on any atom is -0.466 e. The van der Waals surface area contributed by atoms with Crippen molar-refractivity contribution >= 4 is 40.3 Å². The summed E-state index contributed by atoms with van der Waals surface area (Å²) in [7, 11) is 1.41. The SMILES string of the molecule is COC(=O)/C(=C\c1ccccc1)CSC(=S)N1CCCCC1. The van der Waals surface area contributed by atoms with E-state index in [4.69, 9.17) is 17.0 Å². The molecular formula is C17H21NO2S2. The standard InChI is InChI=1S/C17H21NO2S2/c1-20-16(19)15(12-14-8-4-2-5-9-14)13-22-17(21)18-10-6-3-7-11-18/h2,4-5,8-9,12H,3,6-7,10-11,13H2,1H3/b15-12-. The number of thiocarbonyl (C=S) groups is 1. The number of piperidine rings is 1. The molecular weight excluding hydrogens is 314 g/mol. The summed E-state index contributed by atoms with van der Waals surface area (Å²) in [5, 5.41) is 0. The molecule has 1 fully saturated rings. The first kappa shape index (κ1) is 17.0. The van der Waals surface area contributed by atoms with Gasteiger partial charge in [-0.3, -0.25) is 0 Å². The lowest BCUT2D eigenvalue weighted by molar-refractivity contribution is -0.135. The Bertz CT molecular complexity index is 537. The van der Waals surface area contributed by atoms with Gasteiger partial charge in [-0.05, 0) is 30.9 Å². The van der Waals surface area contributed by atoms with Gasteiger partial charge in [-0.25, -0.2) is 4.79 Å². The van der Waals surface area contributed by atoms with E-state index in [1.54, 1.807) is 11.8 Å². The summed E-state index contributed by atoms with van der Waals surface area (Å²) in [5.74, 6) is 0.245. The molecule has 0 atom stereocenters. The molecule has 1 saturated heterocycles. The molecule has 1 aliphatic heterocycles. The molecule has 1 aromatic rings. The lowest BCUT2D eigenvalue weighted by atomic mass is 10.1. The normalized spacial score (nSPS) is 15.5. The maximum atomic E-state index is 11.9. The van der Waals surface area contributed by atoms with Crippen LogP contribution in [0.25, 0.3) is 6.08 Å². The van der Waals surface area contributed by atoms with Gasteiger partial charge < -0.3 is 9.64 Å². The van der Waals surface area contributed by atoms with Gasteiger partial charge >= 0.3 is 5.97 Å². The van der Waals surface area contributed by atoms with E-state index in [0.717, 1.165) is 23.0 Å². The van der Waals surface area contributed by atoms with Gasteiger partial charge in [0.05, 0.1) is 7.11 Å². The van der Waals surface area contributed by atoms with Gasteiger partial charge in [0, 0.05) is 24.4 Å². The molecule has 2 rings (SSSR count). The topological polar surface area (TPSA) is 29.5 Å². The summed E-state index contributed by atoms with van der Waals surface area (Å²) in [6, 6.07) is 9.79. The van der Waals surface area contributed by atoms with Crippen LogP contribution in [0.15, 0.2) is 35.9 Å². The first-order valence-corrected chi connectivity index (χ1v) is 8.85. The molecule has 0 spiro atoms. The number of carbonyl (C=O) groups excluding carboxylic acids is 1. The highest BCUT2D eigenvalue weighted by Gasteiger charge is 2.16. The van der Waals surface area contributed by atoms with E-state index in [1.807, 2.05) is 36.4 Å². The van der Waals surface area contributed by atoms with Crippen LogP contribution >= 0.6 is 24.0 Å². The Balaban J connectivity index is 1.99. The molecule has 0 unspecified atom stereocenters. The fourth-order valence-electron chi connectivity index (χ4n) is 2.35. The maximum Gasteiger partial charge on any atom is 0.334 e. The van der Waals surface area contributed by atoms with E-state index >= 15 is 0 Å². The number of hydrogen-bond donors (Lipinski definition) is 0. The van der Waals surface area contributed by atoms with Gasteiger partial charge in [-0.2, -0.15) is 0 Å². The van der Waals surface area contributed by atoms with Crippen LogP contribution in [0, 0.1) is 0 Å². The third kappa shape index (κ3) is 5.14. The van der Waals surface area contributed by atoms with Crippen molar-refractivity contribution in [2.45, 2.75) is 19.3 Å². The van der Waals surface area contributed by atoms with Crippen LogP contribution in [0.2, 0.25) is 0 Å². The van der Waals surface area contributed by atoms with Crippen molar-refractivity contribution in [3.8, 4) is 0 Å². The smallest absolute Gasteiger partial charge is 0.334 e. The Morgan fingerprint density at radius 3 is 2.59 bits per heavy atom. The predicted molar refractivity (Wildman–Crippen MR) is 96.9 cm³/mol. The summed E-state index contributed by atoms with van der Waals surface area (Å²) in [5.41, 5.74) is 1.63. The van der Waals surface area contributed by atoms with Crippen molar-refractivity contribution in [1.82, 2.24) is 4.90 Å². The quantitative estimate of drug-likeness (QED) is 0.475. The first-order valence-electron chi connectivity index (χ1n) is 7.46. The summed E-state index contributed by atoms with van der Waals surface area (Å²) in [6.07, 6.45) is 5.55. The number of methoxy groups -OCH3 is 1. The van der Waals surface area contributed by atoms with Gasteiger partial charge in [0.15, 0.2) is 0 Å². The summed E-state index contributed by atoms with van der Waals surface area (Å²) >= 11 is 7.03. The van der Waals surface area contributed by atoms with Gasteiger partial charge in [0.25, 0.3) is 0 Å². The van der Waals surface area contributed by atoms with E-state index < -0.39 is 0 Å². The summed E-state index contributed by atoms with van der Waals surface area (Å²) in [4.78, 5) is 14.2. The molecule has 0 radical (unpaired) electrons. The van der Waals surface area contributed by atoms with Crippen molar-refractivity contribution in [2.24, 2.45) is 0 Å². The third-order valence-corrected chi connectivity index (χ3v) is 5.13. The minimum absolute atomic E-state index is 0.294. The average molecular weight is 335 g/mol. The Kier molecular flexibility index (Phi) is 6.93. The molecule has 1 aliphatic rings. The van der Waals surface area contributed by atoms with Gasteiger partial charge in [0.2, 0.25) is 0 Å². The highest BCUT2D eigenvalue weighted by Crippen LogP contribution is 2.20. The third-order valence-electron chi connectivity index (χ3n) is 3.55. The predicted octanol–water partition coefficient (Wildman–Crippen LogP) is 3.75. The highest BCUT2D eigenvalue weighted by atomic mass is 32.2. The molecule has 1 aromatic carbocycles. The summed E-state index contributed by atoms with van der Waals surface area (Å²) in [6.45, 7) is 2.06. The second-order valence-corrected chi connectivity index (χ2v) is 6.78. The Morgan fingerprint density at radius 2 is 1.95 bits per heavy atom. The number of rotatable bonds is 4. The zero-order valence-corrected chi connectivity index (χ0v) is 14.4. The molecule has 0 saturated carbocycles. The van der Waals surface area contributed by atoms with Crippen LogP contribution in [-0.4, -0.2) is 41.1 Å². The largest absolute Gasteiger partial charge is 0.466 e. The van der Waals surface area contributed by atoms with Crippen LogP contribution in [0.5, 0.6) is 0 Å². The fraction of sp³-hybridized carbons (Fsp3) is 0.412. The fourth-order valence-corrected chi connectivity index (χ4v) is 3.55. The number of hydrogen-bond acceptors (Lipinski definition) is 4. The Morgan fingerprint density at radius 1 is 1.27 bits per heavy atom. The van der Waals surface area contributed by atoms with Crippen LogP contribution in [-0.2, 0) is 9.53 Å². The van der Waals surface area contributed by atoms with Gasteiger partial charge in [-0.1, -0.05) is 54.3 Å². The number of carbonyl (C=O) groups is 1. The molecule has 0 aliphatic carbocycles. The zero-order chi connectivity index (χ0) is 15.8. The number of esters is 1. The average Bonchev–Trinajstić information content (AvgIpc) is 2.59. The second kappa shape index (κ2) is 8.96. The number of thioether (sulfide) groups is 1. The molecule has 1 heterocycles. The lowest BCUT2D eigenvalue weighted by Crippen LogP contribution is -2.33. The molecule has 3 nitrogen and oxygen atoms in total. The highest BCUT2D eigenvalue weighted by molar-refractivity contribution is 8.23. The van der Waals surface area contributed by atoms with Crippen LogP contribution in [0.1, 0.15) is 24.8 Å². The molecule has 0 aromatic heterocycles. The molecule has 0 amide bonds. The van der Waals surface area contributed by atoms with E-state index in [0.29, 0.717) is 11.3 Å². The van der Waals surface area contributed by atoms with Gasteiger partial charge in [0.1, 0.15) is 4.32 Å². The maximum absolute atomic E-state index is 11.9. The van der Waals surface area contributed by atoms with Crippen LogP contribution in [0.3, 0.4) is 0 Å². The van der Waals surface area contributed by atoms with Crippen molar-refractivity contribution in [2.75, 3.05) is 26.0 Å².